The van der Waals surface area contributed by atoms with E-state index in [1.54, 1.807) is 6.20 Å². The number of nitrogens with zero attached hydrogens (tertiary/aromatic N) is 4. The van der Waals surface area contributed by atoms with E-state index in [9.17, 15) is 5.26 Å². The van der Waals surface area contributed by atoms with E-state index in [0.717, 1.165) is 30.9 Å². The van der Waals surface area contributed by atoms with E-state index < -0.39 is 0 Å². The Balaban J connectivity index is 1.84. The quantitative estimate of drug-likeness (QED) is 0.836. The van der Waals surface area contributed by atoms with Crippen molar-refractivity contribution in [3.05, 3.63) is 53.6 Å². The monoisotopic (exact) mass is 264 g/mol. The number of hydrogen-bond acceptors (Lipinski definition) is 4. The number of hydrogen-bond donors (Lipinski definition) is 0. The average Bonchev–Trinajstić information content (AvgIpc) is 2.98. The molecule has 3 heterocycles. The molecule has 0 bridgehead atoms. The first-order valence-corrected chi connectivity index (χ1v) is 6.79. The van der Waals surface area contributed by atoms with Gasteiger partial charge in [0.1, 0.15) is 6.07 Å². The Kier molecular flexibility index (Phi) is 3.34. The lowest BCUT2D eigenvalue weighted by Gasteiger charge is -2.20. The van der Waals surface area contributed by atoms with Crippen LogP contribution >= 0.6 is 0 Å². The van der Waals surface area contributed by atoms with E-state index in [0.29, 0.717) is 11.5 Å². The molecule has 0 radical (unpaired) electrons. The fourth-order valence-electron chi connectivity index (χ4n) is 2.78. The molecule has 1 aliphatic rings. The fourth-order valence-corrected chi connectivity index (χ4v) is 2.78. The standard InChI is InChI=1S/C16H16N4/c1-12-8-16(15(9-17)10-19-12)20-7-4-14(11-20)13-2-5-18-6-3-13/h2-3,5-6,8,10,14H,4,7,11H2,1H3. The minimum absolute atomic E-state index is 0.512. The number of aromatic nitrogens is 2. The maximum absolute atomic E-state index is 9.23. The van der Waals surface area contributed by atoms with Gasteiger partial charge in [-0.25, -0.2) is 0 Å². The van der Waals surface area contributed by atoms with Crippen molar-refractivity contribution in [3.8, 4) is 6.07 Å². The first-order valence-electron chi connectivity index (χ1n) is 6.79. The lowest BCUT2D eigenvalue weighted by atomic mass is 10.00. The molecule has 0 saturated carbocycles. The van der Waals surface area contributed by atoms with Crippen LogP contribution in [0.15, 0.2) is 36.8 Å². The predicted molar refractivity (Wildman–Crippen MR) is 77.5 cm³/mol. The van der Waals surface area contributed by atoms with Crippen LogP contribution in [0.1, 0.15) is 29.2 Å². The van der Waals surface area contributed by atoms with E-state index in [2.05, 4.69) is 33.1 Å². The van der Waals surface area contributed by atoms with Gasteiger partial charge in [-0.05, 0) is 37.1 Å². The molecule has 4 heteroatoms. The molecule has 0 N–H and O–H groups in total. The van der Waals surface area contributed by atoms with E-state index >= 15 is 0 Å². The minimum atomic E-state index is 0.512. The van der Waals surface area contributed by atoms with Gasteiger partial charge in [0.15, 0.2) is 0 Å². The maximum atomic E-state index is 9.23. The summed E-state index contributed by atoms with van der Waals surface area (Å²) in [5.41, 5.74) is 3.95. The molecular weight excluding hydrogens is 248 g/mol. The third-order valence-corrected chi connectivity index (χ3v) is 3.85. The third-order valence-electron chi connectivity index (χ3n) is 3.85. The van der Waals surface area contributed by atoms with Gasteiger partial charge in [-0.2, -0.15) is 5.26 Å². The highest BCUT2D eigenvalue weighted by Gasteiger charge is 2.25. The molecule has 3 rings (SSSR count). The fraction of sp³-hybridized carbons (Fsp3) is 0.312. The number of nitriles is 1. The van der Waals surface area contributed by atoms with Crippen LogP contribution in [-0.2, 0) is 0 Å². The molecule has 4 nitrogen and oxygen atoms in total. The summed E-state index contributed by atoms with van der Waals surface area (Å²) >= 11 is 0. The van der Waals surface area contributed by atoms with Crippen molar-refractivity contribution < 1.29 is 0 Å². The average molecular weight is 264 g/mol. The predicted octanol–water partition coefficient (Wildman–Crippen LogP) is 2.65. The van der Waals surface area contributed by atoms with Crippen molar-refractivity contribution in [3.63, 3.8) is 0 Å². The Morgan fingerprint density at radius 1 is 1.35 bits per heavy atom. The molecule has 20 heavy (non-hydrogen) atoms. The smallest absolute Gasteiger partial charge is 0.103 e. The largest absolute Gasteiger partial charge is 0.370 e. The van der Waals surface area contributed by atoms with Gasteiger partial charge in [-0.3, -0.25) is 9.97 Å². The van der Waals surface area contributed by atoms with Crippen LogP contribution in [0.5, 0.6) is 0 Å². The zero-order chi connectivity index (χ0) is 13.9. The molecule has 2 aromatic rings. The molecule has 2 aromatic heterocycles. The molecule has 0 amide bonds. The summed E-state index contributed by atoms with van der Waals surface area (Å²) in [6.45, 7) is 3.88. The van der Waals surface area contributed by atoms with Gasteiger partial charge in [0.25, 0.3) is 0 Å². The van der Waals surface area contributed by atoms with Crippen LogP contribution in [0.4, 0.5) is 5.69 Å². The van der Waals surface area contributed by atoms with Crippen LogP contribution in [0, 0.1) is 18.3 Å². The van der Waals surface area contributed by atoms with E-state index in [1.165, 1.54) is 5.56 Å². The molecule has 1 aliphatic heterocycles. The van der Waals surface area contributed by atoms with Crippen molar-refractivity contribution in [1.82, 2.24) is 9.97 Å². The summed E-state index contributed by atoms with van der Waals surface area (Å²) in [7, 11) is 0. The number of rotatable bonds is 2. The molecular formula is C16H16N4. The summed E-state index contributed by atoms with van der Waals surface area (Å²) in [6.07, 6.45) is 6.46. The summed E-state index contributed by atoms with van der Waals surface area (Å²) < 4.78 is 0. The highest BCUT2D eigenvalue weighted by molar-refractivity contribution is 5.60. The Hall–Kier alpha value is -2.41. The lowest BCUT2D eigenvalue weighted by molar-refractivity contribution is 0.773. The Morgan fingerprint density at radius 2 is 2.15 bits per heavy atom. The summed E-state index contributed by atoms with van der Waals surface area (Å²) in [6, 6.07) is 8.41. The Labute approximate surface area is 118 Å². The summed E-state index contributed by atoms with van der Waals surface area (Å²) in [4.78, 5) is 10.6. The minimum Gasteiger partial charge on any atom is -0.370 e. The lowest BCUT2D eigenvalue weighted by Crippen LogP contribution is -2.20. The zero-order valence-corrected chi connectivity index (χ0v) is 11.5. The Bertz CT molecular complexity index is 645. The van der Waals surface area contributed by atoms with E-state index in [1.807, 2.05) is 25.4 Å². The van der Waals surface area contributed by atoms with Crippen molar-refractivity contribution in [2.45, 2.75) is 19.3 Å². The first-order chi connectivity index (χ1) is 9.78. The number of pyridine rings is 2. The first kappa shape index (κ1) is 12.6. The van der Waals surface area contributed by atoms with E-state index in [-0.39, 0.29) is 0 Å². The normalized spacial score (nSPS) is 18.0. The second-order valence-corrected chi connectivity index (χ2v) is 5.17. The SMILES string of the molecule is Cc1cc(N2CCC(c3ccncc3)C2)c(C#N)cn1. The van der Waals surface area contributed by atoms with Crippen LogP contribution < -0.4 is 4.90 Å². The van der Waals surface area contributed by atoms with Crippen LogP contribution in [-0.4, -0.2) is 23.1 Å². The van der Waals surface area contributed by atoms with Gasteiger partial charge in [0.2, 0.25) is 0 Å². The molecule has 0 aliphatic carbocycles. The second kappa shape index (κ2) is 5.30. The molecule has 1 unspecified atom stereocenters. The van der Waals surface area contributed by atoms with Crippen LogP contribution in [0.2, 0.25) is 0 Å². The Morgan fingerprint density at radius 3 is 2.90 bits per heavy atom. The molecule has 1 atom stereocenters. The summed E-state index contributed by atoms with van der Waals surface area (Å²) in [5.74, 6) is 0.512. The summed E-state index contributed by atoms with van der Waals surface area (Å²) in [5, 5.41) is 9.23. The number of aryl methyl sites for hydroxylation is 1. The zero-order valence-electron chi connectivity index (χ0n) is 11.5. The molecule has 1 saturated heterocycles. The molecule has 0 spiro atoms. The highest BCUT2D eigenvalue weighted by Crippen LogP contribution is 2.32. The van der Waals surface area contributed by atoms with Crippen molar-refractivity contribution in [2.24, 2.45) is 0 Å². The van der Waals surface area contributed by atoms with Gasteiger partial charge >= 0.3 is 0 Å². The van der Waals surface area contributed by atoms with Crippen molar-refractivity contribution >= 4 is 5.69 Å². The van der Waals surface area contributed by atoms with Gasteiger partial charge < -0.3 is 4.90 Å². The molecule has 0 aromatic carbocycles. The van der Waals surface area contributed by atoms with Gasteiger partial charge in [-0.1, -0.05) is 0 Å². The second-order valence-electron chi connectivity index (χ2n) is 5.17. The van der Waals surface area contributed by atoms with Gasteiger partial charge in [0.05, 0.1) is 11.3 Å². The third kappa shape index (κ3) is 2.35. The van der Waals surface area contributed by atoms with E-state index in [4.69, 9.17) is 0 Å². The van der Waals surface area contributed by atoms with Crippen molar-refractivity contribution in [1.29, 1.82) is 5.26 Å². The maximum Gasteiger partial charge on any atom is 0.103 e. The van der Waals surface area contributed by atoms with Gasteiger partial charge in [-0.15, -0.1) is 0 Å². The molecule has 100 valence electrons. The highest BCUT2D eigenvalue weighted by atomic mass is 15.2. The van der Waals surface area contributed by atoms with Crippen LogP contribution in [0.25, 0.3) is 0 Å². The van der Waals surface area contributed by atoms with Crippen molar-refractivity contribution in [2.75, 3.05) is 18.0 Å². The number of anilines is 1. The molecule has 1 fully saturated rings. The van der Waals surface area contributed by atoms with Crippen LogP contribution in [0.3, 0.4) is 0 Å². The van der Waals surface area contributed by atoms with Gasteiger partial charge in [0, 0.05) is 43.3 Å². The topological polar surface area (TPSA) is 52.8 Å².